The van der Waals surface area contributed by atoms with Crippen molar-refractivity contribution in [1.29, 1.82) is 0 Å². The molecular weight excluding hydrogens is 777 g/mol. The van der Waals surface area contributed by atoms with Crippen molar-refractivity contribution >= 4 is 34.5 Å². The zero-order chi connectivity index (χ0) is 41.2. The van der Waals surface area contributed by atoms with E-state index in [-0.39, 0.29) is 33.5 Å². The van der Waals surface area contributed by atoms with Crippen molar-refractivity contribution in [1.82, 2.24) is 29.9 Å². The molecule has 0 radical (unpaired) electrons. The maximum atomic E-state index is 11.6. The molecule has 8 rings (SSSR count). The molecule has 0 saturated carbocycles. The summed E-state index contributed by atoms with van der Waals surface area (Å²) in [5.41, 5.74) is 12.1. The fourth-order valence-electron chi connectivity index (χ4n) is 5.95. The summed E-state index contributed by atoms with van der Waals surface area (Å²) in [5, 5.41) is 21.8. The Bertz CT molecular complexity index is 2470. The van der Waals surface area contributed by atoms with E-state index in [1.807, 2.05) is 50.2 Å². The van der Waals surface area contributed by atoms with Crippen LogP contribution in [0.1, 0.15) is 91.7 Å². The van der Waals surface area contributed by atoms with Crippen LogP contribution in [-0.2, 0) is 11.2 Å². The minimum atomic E-state index is -1.50. The van der Waals surface area contributed by atoms with Gasteiger partial charge in [-0.2, -0.15) is 0 Å². The number of nitrogens with zero attached hydrogens (tertiary/aromatic N) is 6. The predicted octanol–water partition coefficient (Wildman–Crippen LogP) is 4.91. The number of aliphatic hydroxyl groups is 2. The standard InChI is InChI=1S/2C21H18N4O3S/c2*1-12-11-28-15-5-4-13(6-7-21(2,27)20-23-8-3-9-24-20)10-14(15)16-17(12)29-19(25-16)18(22)26/h2*3-5,8-10,12,27H,11H2,1-2H3,(H2,22,26)/t12-,21+;12-,21-/m01/s1. The van der Waals surface area contributed by atoms with E-state index >= 15 is 0 Å². The minimum Gasteiger partial charge on any atom is -0.492 e. The second kappa shape index (κ2) is 16.1. The molecule has 6 N–H and O–H groups in total. The first-order valence-corrected chi connectivity index (χ1v) is 19.5. The first-order valence-electron chi connectivity index (χ1n) is 17.9. The quantitative estimate of drug-likeness (QED) is 0.175. The molecule has 2 aliphatic rings. The maximum Gasteiger partial charge on any atom is 0.277 e. The van der Waals surface area contributed by atoms with Crippen LogP contribution in [0, 0.1) is 23.7 Å². The molecule has 0 unspecified atom stereocenters. The fourth-order valence-corrected chi connectivity index (χ4v) is 7.88. The molecule has 16 heteroatoms. The Morgan fingerprint density at radius 3 is 1.43 bits per heavy atom. The van der Waals surface area contributed by atoms with Crippen molar-refractivity contribution in [3.63, 3.8) is 0 Å². The number of rotatable bonds is 4. The van der Waals surface area contributed by atoms with Crippen LogP contribution in [0.25, 0.3) is 22.5 Å². The van der Waals surface area contributed by atoms with E-state index in [4.69, 9.17) is 20.9 Å². The van der Waals surface area contributed by atoms with Crippen LogP contribution in [0.15, 0.2) is 73.3 Å². The molecule has 2 amide bonds. The minimum absolute atomic E-state index is 0.0773. The molecule has 0 bridgehead atoms. The summed E-state index contributed by atoms with van der Waals surface area (Å²) in [7, 11) is 0. The van der Waals surface area contributed by atoms with Crippen molar-refractivity contribution in [3.05, 3.63) is 116 Å². The molecule has 0 saturated heterocycles. The lowest BCUT2D eigenvalue weighted by Crippen LogP contribution is -2.21. The molecule has 6 heterocycles. The van der Waals surface area contributed by atoms with E-state index in [1.165, 1.54) is 22.7 Å². The molecule has 2 aliphatic heterocycles. The van der Waals surface area contributed by atoms with E-state index in [0.29, 0.717) is 47.2 Å². The molecule has 0 spiro atoms. The molecular formula is C42H36N8O6S2. The Balaban J connectivity index is 0.000000177. The van der Waals surface area contributed by atoms with Crippen molar-refractivity contribution in [2.75, 3.05) is 13.2 Å². The van der Waals surface area contributed by atoms with Gasteiger partial charge in [0.1, 0.15) is 11.5 Å². The van der Waals surface area contributed by atoms with E-state index in [0.717, 1.165) is 20.9 Å². The van der Waals surface area contributed by atoms with Crippen LogP contribution in [0.2, 0.25) is 0 Å². The number of carbonyl (C=O) groups excluding carboxylic acids is 2. The highest BCUT2D eigenvalue weighted by atomic mass is 32.1. The number of aromatic nitrogens is 6. The summed E-state index contributed by atoms with van der Waals surface area (Å²) in [4.78, 5) is 50.3. The summed E-state index contributed by atoms with van der Waals surface area (Å²) >= 11 is 2.58. The molecule has 4 aromatic heterocycles. The Morgan fingerprint density at radius 1 is 0.690 bits per heavy atom. The number of amides is 2. The van der Waals surface area contributed by atoms with Gasteiger partial charge in [-0.3, -0.25) is 9.59 Å². The summed E-state index contributed by atoms with van der Waals surface area (Å²) < 4.78 is 11.8. The molecule has 58 heavy (non-hydrogen) atoms. The summed E-state index contributed by atoms with van der Waals surface area (Å²) in [6.45, 7) is 8.08. The van der Waals surface area contributed by atoms with E-state index in [1.54, 1.807) is 50.8 Å². The summed E-state index contributed by atoms with van der Waals surface area (Å²) in [6.07, 6.45) is 6.22. The van der Waals surface area contributed by atoms with Crippen molar-refractivity contribution in [2.24, 2.45) is 11.5 Å². The third-order valence-electron chi connectivity index (χ3n) is 8.97. The first kappa shape index (κ1) is 39.7. The van der Waals surface area contributed by atoms with Crippen LogP contribution in [-0.4, -0.2) is 65.1 Å². The Labute approximate surface area is 341 Å². The van der Waals surface area contributed by atoms with Crippen molar-refractivity contribution in [3.8, 4) is 57.7 Å². The number of hydrogen-bond acceptors (Lipinski definition) is 14. The van der Waals surface area contributed by atoms with E-state index in [9.17, 15) is 19.8 Å². The summed E-state index contributed by atoms with van der Waals surface area (Å²) in [6, 6.07) is 14.3. The predicted molar refractivity (Wildman–Crippen MR) is 217 cm³/mol. The van der Waals surface area contributed by atoms with Crippen molar-refractivity contribution in [2.45, 2.75) is 50.7 Å². The topological polar surface area (TPSA) is 222 Å². The largest absolute Gasteiger partial charge is 0.492 e. The van der Waals surface area contributed by atoms with Crippen molar-refractivity contribution < 1.29 is 29.3 Å². The van der Waals surface area contributed by atoms with Crippen LogP contribution >= 0.6 is 22.7 Å². The highest BCUT2D eigenvalue weighted by Crippen LogP contribution is 2.43. The average molecular weight is 813 g/mol. The SMILES string of the molecule is C[C@@H]1COc2ccc(C#C[C@@](C)(O)c3ncccn3)cc2-c2nc(C(N)=O)sc21.C[C@H]1COc2ccc(C#C[C@@](C)(O)c3ncccn3)cc2-c2nc(C(N)=O)sc21. The number of ether oxygens (including phenoxy) is 2. The average Bonchev–Trinajstić information content (AvgIpc) is 3.83. The van der Waals surface area contributed by atoms with Gasteiger partial charge in [0.2, 0.25) is 0 Å². The third-order valence-corrected chi connectivity index (χ3v) is 11.6. The van der Waals surface area contributed by atoms with E-state index < -0.39 is 23.0 Å². The molecule has 0 fully saturated rings. The number of nitrogens with two attached hydrogens (primary N) is 2. The molecule has 14 nitrogen and oxygen atoms in total. The lowest BCUT2D eigenvalue weighted by atomic mass is 10.0. The highest BCUT2D eigenvalue weighted by Gasteiger charge is 2.29. The fraction of sp³-hybridized carbons (Fsp3) is 0.238. The second-order valence-corrected chi connectivity index (χ2v) is 15.9. The number of carbonyl (C=O) groups is 2. The van der Waals surface area contributed by atoms with Gasteiger partial charge < -0.3 is 31.2 Å². The Morgan fingerprint density at radius 2 is 1.07 bits per heavy atom. The van der Waals surface area contributed by atoms with Crippen LogP contribution in [0.3, 0.4) is 0 Å². The van der Waals surface area contributed by atoms with Gasteiger partial charge in [-0.1, -0.05) is 37.5 Å². The smallest absolute Gasteiger partial charge is 0.277 e. The lowest BCUT2D eigenvalue weighted by molar-refractivity contribution is 0.0991. The number of fused-ring (bicyclic) bond motifs is 6. The normalized spacial score (nSPS) is 16.9. The van der Waals surface area contributed by atoms with Crippen LogP contribution in [0.4, 0.5) is 0 Å². The van der Waals surface area contributed by atoms with Crippen LogP contribution in [0.5, 0.6) is 11.5 Å². The second-order valence-electron chi connectivity index (χ2n) is 13.8. The maximum absolute atomic E-state index is 11.6. The zero-order valence-corrected chi connectivity index (χ0v) is 33.3. The monoisotopic (exact) mass is 812 g/mol. The molecule has 6 aromatic rings. The number of primary amides is 2. The molecule has 2 aromatic carbocycles. The molecule has 0 aliphatic carbocycles. The number of hydrogen-bond donors (Lipinski definition) is 4. The van der Waals surface area contributed by atoms with Gasteiger partial charge in [-0.15, -0.1) is 22.7 Å². The molecule has 4 atom stereocenters. The molecule has 292 valence electrons. The lowest BCUT2D eigenvalue weighted by Gasteiger charge is -2.13. The third kappa shape index (κ3) is 8.41. The van der Waals surface area contributed by atoms with Gasteiger partial charge in [0.05, 0.1) is 24.6 Å². The van der Waals surface area contributed by atoms with Gasteiger partial charge in [-0.05, 0) is 62.4 Å². The van der Waals surface area contributed by atoms with E-state index in [2.05, 4.69) is 53.6 Å². The first-order chi connectivity index (χ1) is 27.7. The number of thiazole rings is 2. The summed E-state index contributed by atoms with van der Waals surface area (Å²) in [5.74, 6) is 12.4. The van der Waals surface area contributed by atoms with Gasteiger partial charge in [-0.25, -0.2) is 29.9 Å². The van der Waals surface area contributed by atoms with Gasteiger partial charge >= 0.3 is 0 Å². The Hall–Kier alpha value is -6.56. The van der Waals surface area contributed by atoms with Crippen LogP contribution < -0.4 is 20.9 Å². The highest BCUT2D eigenvalue weighted by molar-refractivity contribution is 7.14. The van der Waals surface area contributed by atoms with Gasteiger partial charge in [0.15, 0.2) is 32.9 Å². The Kier molecular flexibility index (Phi) is 11.0. The zero-order valence-electron chi connectivity index (χ0n) is 31.7. The van der Waals surface area contributed by atoms with Gasteiger partial charge in [0, 0.05) is 68.6 Å². The number of benzene rings is 2. The van der Waals surface area contributed by atoms with Gasteiger partial charge in [0.25, 0.3) is 11.8 Å².